The van der Waals surface area contributed by atoms with Gasteiger partial charge in [-0.05, 0) is 13.3 Å². The van der Waals surface area contributed by atoms with Gasteiger partial charge in [-0.2, -0.15) is 0 Å². The van der Waals surface area contributed by atoms with Crippen molar-refractivity contribution < 1.29 is 19.4 Å². The van der Waals surface area contributed by atoms with E-state index in [0.717, 1.165) is 0 Å². The van der Waals surface area contributed by atoms with Crippen LogP contribution in [0.25, 0.3) is 0 Å². The Bertz CT molecular complexity index is 212. The second-order valence-corrected chi connectivity index (χ2v) is 3.31. The first kappa shape index (κ1) is 11.9. The highest BCUT2D eigenvalue weighted by Crippen LogP contribution is 2.27. The number of carboxylic acids is 1. The summed E-state index contributed by atoms with van der Waals surface area (Å²) in [5, 5.41) is 10.8. The monoisotopic (exact) mass is 187 g/mol. The summed E-state index contributed by atoms with van der Waals surface area (Å²) in [6.45, 7) is 6.04. The standard InChI is InChI=1S/C9H16O4/c1-5-9(4,8(11)12)6(2)13-7(3)10/h6H,5H2,1-4H3,(H,11,12)/p-1. The Kier molecular flexibility index (Phi) is 3.91. The van der Waals surface area contributed by atoms with Crippen LogP contribution in [0, 0.1) is 5.41 Å². The molecule has 0 aliphatic heterocycles. The van der Waals surface area contributed by atoms with Gasteiger partial charge in [0.1, 0.15) is 6.10 Å². The van der Waals surface area contributed by atoms with Crippen LogP contribution in [0.15, 0.2) is 0 Å². The molecule has 4 nitrogen and oxygen atoms in total. The van der Waals surface area contributed by atoms with Crippen molar-refractivity contribution in [2.24, 2.45) is 5.41 Å². The zero-order chi connectivity index (χ0) is 10.6. The second kappa shape index (κ2) is 4.25. The first-order chi connectivity index (χ1) is 5.84. The molecule has 0 amide bonds. The lowest BCUT2D eigenvalue weighted by molar-refractivity contribution is -0.322. The molecule has 0 spiro atoms. The predicted octanol–water partition coefficient (Wildman–Crippen LogP) is 0.104. The molecular formula is C9H15O4-. The van der Waals surface area contributed by atoms with Crippen molar-refractivity contribution in [1.29, 1.82) is 0 Å². The topological polar surface area (TPSA) is 66.4 Å². The molecule has 0 aromatic rings. The fraction of sp³-hybridized carbons (Fsp3) is 0.778. The van der Waals surface area contributed by atoms with Gasteiger partial charge in [0.05, 0.1) is 5.97 Å². The van der Waals surface area contributed by atoms with Crippen LogP contribution in [0.5, 0.6) is 0 Å². The summed E-state index contributed by atoms with van der Waals surface area (Å²) in [4.78, 5) is 21.4. The summed E-state index contributed by atoms with van der Waals surface area (Å²) in [5.41, 5.74) is -1.11. The van der Waals surface area contributed by atoms with E-state index in [1.807, 2.05) is 0 Å². The number of carbonyl (C=O) groups is 2. The summed E-state index contributed by atoms with van der Waals surface area (Å²) in [6, 6.07) is 0. The van der Waals surface area contributed by atoms with E-state index in [9.17, 15) is 14.7 Å². The van der Waals surface area contributed by atoms with Crippen LogP contribution in [-0.2, 0) is 14.3 Å². The van der Waals surface area contributed by atoms with Gasteiger partial charge >= 0.3 is 5.97 Å². The molecule has 0 bridgehead atoms. The molecule has 0 aliphatic rings. The highest BCUT2D eigenvalue weighted by molar-refractivity contribution is 5.74. The Morgan fingerprint density at radius 2 is 2.00 bits per heavy atom. The van der Waals surface area contributed by atoms with E-state index in [2.05, 4.69) is 0 Å². The van der Waals surface area contributed by atoms with Gasteiger partial charge in [-0.15, -0.1) is 0 Å². The van der Waals surface area contributed by atoms with Crippen molar-refractivity contribution >= 4 is 11.9 Å². The van der Waals surface area contributed by atoms with Crippen molar-refractivity contribution in [3.05, 3.63) is 0 Å². The number of carbonyl (C=O) groups excluding carboxylic acids is 2. The normalized spacial score (nSPS) is 17.2. The fourth-order valence-corrected chi connectivity index (χ4v) is 0.977. The van der Waals surface area contributed by atoms with Crippen molar-refractivity contribution in [2.45, 2.75) is 40.2 Å². The van der Waals surface area contributed by atoms with E-state index in [1.165, 1.54) is 13.8 Å². The van der Waals surface area contributed by atoms with Crippen molar-refractivity contribution in [1.82, 2.24) is 0 Å². The van der Waals surface area contributed by atoms with Crippen molar-refractivity contribution in [3.8, 4) is 0 Å². The van der Waals surface area contributed by atoms with Gasteiger partial charge in [0, 0.05) is 12.3 Å². The molecule has 0 fully saturated rings. The van der Waals surface area contributed by atoms with Gasteiger partial charge in [-0.3, -0.25) is 4.79 Å². The Labute approximate surface area is 77.9 Å². The zero-order valence-corrected chi connectivity index (χ0v) is 8.42. The number of hydrogen-bond acceptors (Lipinski definition) is 4. The number of ether oxygens (including phenoxy) is 1. The first-order valence-corrected chi connectivity index (χ1v) is 4.23. The Morgan fingerprint density at radius 1 is 1.54 bits per heavy atom. The fourth-order valence-electron chi connectivity index (χ4n) is 0.977. The maximum Gasteiger partial charge on any atom is 0.302 e. The van der Waals surface area contributed by atoms with Gasteiger partial charge in [0.15, 0.2) is 0 Å². The number of aliphatic carboxylic acids is 1. The molecule has 4 heteroatoms. The smallest absolute Gasteiger partial charge is 0.302 e. The minimum Gasteiger partial charge on any atom is -0.549 e. The first-order valence-electron chi connectivity index (χ1n) is 4.23. The predicted molar refractivity (Wildman–Crippen MR) is 44.6 cm³/mol. The Morgan fingerprint density at radius 3 is 2.23 bits per heavy atom. The molecule has 76 valence electrons. The molecular weight excluding hydrogens is 172 g/mol. The third kappa shape index (κ3) is 2.72. The summed E-state index contributed by atoms with van der Waals surface area (Å²) in [6.07, 6.45) is -0.302. The molecule has 0 N–H and O–H groups in total. The van der Waals surface area contributed by atoms with Crippen LogP contribution >= 0.6 is 0 Å². The molecule has 0 saturated heterocycles. The molecule has 0 aromatic heterocycles. The van der Waals surface area contributed by atoms with Crippen LogP contribution in [0.3, 0.4) is 0 Å². The number of hydrogen-bond donors (Lipinski definition) is 0. The minimum atomic E-state index is -1.19. The SMILES string of the molecule is CCC(C)(C(=O)[O-])C(C)OC(C)=O. The molecule has 13 heavy (non-hydrogen) atoms. The number of carboxylic acid groups (broad SMARTS) is 1. The van der Waals surface area contributed by atoms with E-state index in [1.54, 1.807) is 13.8 Å². The summed E-state index contributed by atoms with van der Waals surface area (Å²) in [7, 11) is 0. The van der Waals surface area contributed by atoms with Gasteiger partial charge in [-0.25, -0.2) is 0 Å². The van der Waals surface area contributed by atoms with E-state index in [0.29, 0.717) is 6.42 Å². The Hall–Kier alpha value is -1.06. The van der Waals surface area contributed by atoms with E-state index in [4.69, 9.17) is 4.74 Å². The molecule has 2 atom stereocenters. The van der Waals surface area contributed by atoms with Crippen LogP contribution in [-0.4, -0.2) is 18.0 Å². The Balaban J connectivity index is 4.56. The van der Waals surface area contributed by atoms with Gasteiger partial charge in [-0.1, -0.05) is 13.8 Å². The third-order valence-corrected chi connectivity index (χ3v) is 2.44. The lowest BCUT2D eigenvalue weighted by Gasteiger charge is -2.34. The lowest BCUT2D eigenvalue weighted by atomic mass is 9.82. The van der Waals surface area contributed by atoms with Crippen molar-refractivity contribution in [3.63, 3.8) is 0 Å². The summed E-state index contributed by atoms with van der Waals surface area (Å²) >= 11 is 0. The highest BCUT2D eigenvalue weighted by Gasteiger charge is 2.33. The maximum atomic E-state index is 10.8. The molecule has 0 aromatic carbocycles. The number of esters is 1. The lowest BCUT2D eigenvalue weighted by Crippen LogP contribution is -2.48. The van der Waals surface area contributed by atoms with Gasteiger partial charge in [0.2, 0.25) is 0 Å². The zero-order valence-electron chi connectivity index (χ0n) is 8.42. The van der Waals surface area contributed by atoms with E-state index >= 15 is 0 Å². The van der Waals surface area contributed by atoms with E-state index < -0.39 is 23.5 Å². The second-order valence-electron chi connectivity index (χ2n) is 3.31. The molecule has 0 radical (unpaired) electrons. The molecule has 0 aliphatic carbocycles. The summed E-state index contributed by atoms with van der Waals surface area (Å²) < 4.78 is 4.81. The van der Waals surface area contributed by atoms with Gasteiger partial charge in [0.25, 0.3) is 0 Å². The largest absolute Gasteiger partial charge is 0.549 e. The molecule has 0 saturated carbocycles. The van der Waals surface area contributed by atoms with Crippen LogP contribution in [0.1, 0.15) is 34.1 Å². The third-order valence-electron chi connectivity index (χ3n) is 2.44. The quantitative estimate of drug-likeness (QED) is 0.585. The molecule has 0 heterocycles. The minimum absolute atomic E-state index is 0.365. The van der Waals surface area contributed by atoms with Crippen molar-refractivity contribution in [2.75, 3.05) is 0 Å². The number of rotatable bonds is 4. The van der Waals surface area contributed by atoms with Crippen LogP contribution in [0.4, 0.5) is 0 Å². The summed E-state index contributed by atoms with van der Waals surface area (Å²) in [5.74, 6) is -1.67. The van der Waals surface area contributed by atoms with E-state index in [-0.39, 0.29) is 0 Å². The van der Waals surface area contributed by atoms with Gasteiger partial charge < -0.3 is 14.6 Å². The maximum absolute atomic E-state index is 10.8. The molecule has 0 rings (SSSR count). The average molecular weight is 187 g/mol. The highest BCUT2D eigenvalue weighted by atomic mass is 16.5. The molecule has 2 unspecified atom stereocenters. The van der Waals surface area contributed by atoms with Crippen LogP contribution in [0.2, 0.25) is 0 Å². The van der Waals surface area contributed by atoms with Crippen LogP contribution < -0.4 is 5.11 Å². The average Bonchev–Trinajstić information content (AvgIpc) is 2.01.